The number of halogens is 1. The summed E-state index contributed by atoms with van der Waals surface area (Å²) in [5.74, 6) is -0.782. The van der Waals surface area contributed by atoms with Gasteiger partial charge in [-0.25, -0.2) is 13.5 Å². The van der Waals surface area contributed by atoms with Crippen LogP contribution in [-0.4, -0.2) is 21.3 Å². The van der Waals surface area contributed by atoms with Crippen LogP contribution in [-0.2, 0) is 18.0 Å². The van der Waals surface area contributed by atoms with Gasteiger partial charge in [-0.2, -0.15) is 4.31 Å². The average Bonchev–Trinajstić information content (AvgIpc) is 2.22. The van der Waals surface area contributed by atoms with Gasteiger partial charge in [0.15, 0.2) is 0 Å². The van der Waals surface area contributed by atoms with Gasteiger partial charge in [-0.05, 0) is 39.2 Å². The minimum absolute atomic E-state index is 0.318. The molecule has 0 amide bonds. The maximum Gasteiger partial charge on any atom is 0.481 e. The molecule has 0 aromatic carbocycles. The quantitative estimate of drug-likeness (QED) is 0.462. The van der Waals surface area contributed by atoms with E-state index in [-0.39, 0.29) is 0 Å². The lowest BCUT2D eigenvalue weighted by atomic mass is 10.1. The van der Waals surface area contributed by atoms with E-state index in [0.717, 1.165) is 5.57 Å². The minimum atomic E-state index is -5.18. The first-order chi connectivity index (χ1) is 8.93. The molecule has 10 heteroatoms. The van der Waals surface area contributed by atoms with Gasteiger partial charge in [-0.15, -0.1) is 0 Å². The van der Waals surface area contributed by atoms with E-state index in [0.29, 0.717) is 18.4 Å². The Labute approximate surface area is 117 Å². The summed E-state index contributed by atoms with van der Waals surface area (Å²) in [5, 5.41) is 0. The van der Waals surface area contributed by atoms with Gasteiger partial charge in [0.1, 0.15) is 12.4 Å². The first kappa shape index (κ1) is 19.7. The predicted molar refractivity (Wildman–Crippen MR) is 71.4 cm³/mol. The molecular weight excluding hydrogens is 313 g/mol. The molecule has 0 heterocycles. The van der Waals surface area contributed by atoms with Crippen LogP contribution in [0.3, 0.4) is 0 Å². The molecule has 0 radical (unpaired) electrons. The second-order valence-corrected chi connectivity index (χ2v) is 7.15. The Morgan fingerprint density at radius 3 is 2.20 bits per heavy atom. The third kappa shape index (κ3) is 10.5. The van der Waals surface area contributed by atoms with Crippen LogP contribution in [0.4, 0.5) is 4.39 Å². The highest BCUT2D eigenvalue weighted by Gasteiger charge is 2.32. The highest BCUT2D eigenvalue weighted by molar-refractivity contribution is 7.60. The van der Waals surface area contributed by atoms with Crippen molar-refractivity contribution in [1.29, 1.82) is 0 Å². The summed E-state index contributed by atoms with van der Waals surface area (Å²) in [6, 6.07) is 0. The van der Waals surface area contributed by atoms with E-state index in [1.165, 1.54) is 6.92 Å². The zero-order chi connectivity index (χ0) is 16.0. The largest absolute Gasteiger partial charge is 0.481 e. The van der Waals surface area contributed by atoms with Crippen molar-refractivity contribution in [2.45, 2.75) is 33.6 Å². The molecule has 0 saturated carbocycles. The Balaban J connectivity index is 4.45. The fourth-order valence-electron chi connectivity index (χ4n) is 1.13. The number of hydrogen-bond donors (Lipinski definition) is 3. The molecule has 0 aliphatic carbocycles. The highest BCUT2D eigenvalue weighted by Crippen LogP contribution is 2.57. The molecule has 1 atom stereocenters. The van der Waals surface area contributed by atoms with E-state index < -0.39 is 28.1 Å². The average molecular weight is 332 g/mol. The summed E-state index contributed by atoms with van der Waals surface area (Å²) in [6.07, 6.45) is 2.91. The summed E-state index contributed by atoms with van der Waals surface area (Å²) >= 11 is 0. The number of allylic oxidation sites excluding steroid dienone is 3. The summed E-state index contributed by atoms with van der Waals surface area (Å²) in [7, 11) is -10.2. The summed E-state index contributed by atoms with van der Waals surface area (Å²) in [4.78, 5) is 25.7. The molecule has 0 rings (SSSR count). The van der Waals surface area contributed by atoms with Crippen LogP contribution < -0.4 is 0 Å². The van der Waals surface area contributed by atoms with E-state index in [9.17, 15) is 13.5 Å². The fraction of sp³-hybridized carbons (Fsp3) is 0.600. The van der Waals surface area contributed by atoms with Crippen molar-refractivity contribution in [3.8, 4) is 0 Å². The Morgan fingerprint density at radius 1 is 1.20 bits per heavy atom. The molecule has 0 aliphatic rings. The Kier molecular flexibility index (Phi) is 8.06. The van der Waals surface area contributed by atoms with Crippen LogP contribution in [0.15, 0.2) is 23.0 Å². The number of phosphoric ester groups is 1. The minimum Gasteiger partial charge on any atom is -0.302 e. The van der Waals surface area contributed by atoms with E-state index >= 15 is 0 Å². The molecule has 0 aromatic heterocycles. The molecule has 1 unspecified atom stereocenters. The van der Waals surface area contributed by atoms with Crippen LogP contribution in [0.2, 0.25) is 0 Å². The van der Waals surface area contributed by atoms with E-state index in [4.69, 9.17) is 14.7 Å². The van der Waals surface area contributed by atoms with Crippen LogP contribution in [0, 0.1) is 0 Å². The van der Waals surface area contributed by atoms with Crippen molar-refractivity contribution in [3.05, 3.63) is 23.0 Å². The summed E-state index contributed by atoms with van der Waals surface area (Å²) < 4.78 is 42.7. The van der Waals surface area contributed by atoms with Crippen molar-refractivity contribution in [1.82, 2.24) is 0 Å². The van der Waals surface area contributed by atoms with E-state index in [1.807, 2.05) is 19.9 Å². The van der Waals surface area contributed by atoms with Crippen molar-refractivity contribution in [2.24, 2.45) is 0 Å². The van der Waals surface area contributed by atoms with Crippen LogP contribution in [0.1, 0.15) is 33.6 Å². The highest BCUT2D eigenvalue weighted by atomic mass is 31.3. The third-order valence-corrected chi connectivity index (χ3v) is 4.23. The summed E-state index contributed by atoms with van der Waals surface area (Å²) in [6.45, 7) is 4.40. The smallest absolute Gasteiger partial charge is 0.302 e. The second kappa shape index (κ2) is 8.20. The lowest BCUT2D eigenvalue weighted by Crippen LogP contribution is -1.98. The molecule has 0 fully saturated rings. The fourth-order valence-corrected chi connectivity index (χ4v) is 2.67. The third-order valence-electron chi connectivity index (χ3n) is 2.10. The van der Waals surface area contributed by atoms with Gasteiger partial charge in [-0.3, -0.25) is 4.52 Å². The molecule has 20 heavy (non-hydrogen) atoms. The Hall–Kier alpha value is -0.330. The maximum absolute atomic E-state index is 13.5. The SMILES string of the molecule is CC(C)=CCC/C(C)=C(/F)COP(=O)(O)OP(=O)(O)O. The Morgan fingerprint density at radius 2 is 1.75 bits per heavy atom. The van der Waals surface area contributed by atoms with Crippen molar-refractivity contribution >= 4 is 15.6 Å². The number of phosphoric acid groups is 2. The first-order valence-corrected chi connectivity index (χ1v) is 8.67. The van der Waals surface area contributed by atoms with Gasteiger partial charge in [0.25, 0.3) is 0 Å². The lowest BCUT2D eigenvalue weighted by molar-refractivity contribution is 0.181. The standard InChI is InChI=1S/C10H19FO7P2/c1-8(2)5-4-6-9(3)10(11)7-17-20(15,16)18-19(12,13)14/h5H,4,6-7H2,1-3H3,(H,15,16)(H2,12,13,14)/b10-9+. The van der Waals surface area contributed by atoms with Crippen LogP contribution >= 0.6 is 15.6 Å². The zero-order valence-corrected chi connectivity index (χ0v) is 13.2. The van der Waals surface area contributed by atoms with E-state index in [2.05, 4.69) is 8.83 Å². The molecular formula is C10H19FO7P2. The molecule has 118 valence electrons. The maximum atomic E-state index is 13.5. The molecule has 3 N–H and O–H groups in total. The Bertz CT molecular complexity index is 476. The molecule has 0 bridgehead atoms. The first-order valence-electron chi connectivity index (χ1n) is 5.64. The zero-order valence-electron chi connectivity index (χ0n) is 11.4. The van der Waals surface area contributed by atoms with E-state index in [1.54, 1.807) is 0 Å². The molecule has 7 nitrogen and oxygen atoms in total. The topological polar surface area (TPSA) is 113 Å². The molecule has 0 aliphatic heterocycles. The van der Waals surface area contributed by atoms with Crippen LogP contribution in [0.25, 0.3) is 0 Å². The summed E-state index contributed by atoms with van der Waals surface area (Å²) in [5.41, 5.74) is 1.41. The molecule has 0 spiro atoms. The van der Waals surface area contributed by atoms with Gasteiger partial charge in [0.05, 0.1) is 0 Å². The van der Waals surface area contributed by atoms with Gasteiger partial charge in [0.2, 0.25) is 0 Å². The van der Waals surface area contributed by atoms with Gasteiger partial charge in [-0.1, -0.05) is 11.6 Å². The predicted octanol–water partition coefficient (Wildman–Crippen LogP) is 3.20. The monoisotopic (exact) mass is 332 g/mol. The number of rotatable bonds is 8. The van der Waals surface area contributed by atoms with Gasteiger partial charge in [0, 0.05) is 0 Å². The molecule has 0 aromatic rings. The van der Waals surface area contributed by atoms with Crippen molar-refractivity contribution in [3.63, 3.8) is 0 Å². The van der Waals surface area contributed by atoms with Crippen LogP contribution in [0.5, 0.6) is 0 Å². The van der Waals surface area contributed by atoms with Crippen molar-refractivity contribution < 1.29 is 37.0 Å². The van der Waals surface area contributed by atoms with Gasteiger partial charge < -0.3 is 14.7 Å². The van der Waals surface area contributed by atoms with Gasteiger partial charge >= 0.3 is 15.6 Å². The normalized spacial score (nSPS) is 16.4. The second-order valence-electron chi connectivity index (χ2n) is 4.32. The lowest BCUT2D eigenvalue weighted by Gasteiger charge is -2.12. The number of hydrogen-bond acceptors (Lipinski definition) is 4. The van der Waals surface area contributed by atoms with Crippen molar-refractivity contribution in [2.75, 3.05) is 6.61 Å². The molecule has 0 saturated heterocycles.